The second kappa shape index (κ2) is 4.44. The normalized spacial score (nSPS) is 16.2. The fourth-order valence-electron chi connectivity index (χ4n) is 1.86. The van der Waals surface area contributed by atoms with E-state index in [-0.39, 0.29) is 0 Å². The Bertz CT molecular complexity index is 406. The highest BCUT2D eigenvalue weighted by atomic mass is 16.1. The molecule has 1 saturated heterocycles. The number of nitrogens with zero attached hydrogens (tertiary/aromatic N) is 4. The van der Waals surface area contributed by atoms with E-state index in [0.717, 1.165) is 32.5 Å². The summed E-state index contributed by atoms with van der Waals surface area (Å²) in [6.07, 6.45) is 0.767. The number of hydrogen-bond donors (Lipinski definition) is 1. The first-order valence-corrected chi connectivity index (χ1v) is 5.25. The zero-order valence-electron chi connectivity index (χ0n) is 9.31. The van der Waals surface area contributed by atoms with Crippen LogP contribution in [0.25, 0.3) is 0 Å². The number of piperazine rings is 1. The van der Waals surface area contributed by atoms with E-state index in [1.165, 1.54) is 4.68 Å². The molecule has 0 unspecified atom stereocenters. The summed E-state index contributed by atoms with van der Waals surface area (Å²) in [6.45, 7) is 8.85. The van der Waals surface area contributed by atoms with Crippen LogP contribution in [0.2, 0.25) is 0 Å². The number of aldehydes is 1. The SMILES string of the molecule is C=Nn1c(N2CCNCC2)nc(C)c1C=O. The Balaban J connectivity index is 2.39. The molecular formula is C10H15N5O. The van der Waals surface area contributed by atoms with E-state index in [1.807, 2.05) is 0 Å². The summed E-state index contributed by atoms with van der Waals surface area (Å²) in [6, 6.07) is 0. The predicted molar refractivity (Wildman–Crippen MR) is 62.4 cm³/mol. The van der Waals surface area contributed by atoms with Crippen LogP contribution in [0.4, 0.5) is 5.95 Å². The number of aryl methyl sites for hydroxylation is 1. The van der Waals surface area contributed by atoms with Gasteiger partial charge in [0, 0.05) is 32.9 Å². The Morgan fingerprint density at radius 2 is 2.19 bits per heavy atom. The van der Waals surface area contributed by atoms with E-state index in [1.54, 1.807) is 6.92 Å². The molecule has 2 rings (SSSR count). The first kappa shape index (κ1) is 10.8. The minimum atomic E-state index is 0.475. The van der Waals surface area contributed by atoms with Crippen molar-refractivity contribution in [2.24, 2.45) is 5.10 Å². The number of rotatable bonds is 3. The molecule has 1 N–H and O–H groups in total. The Morgan fingerprint density at radius 1 is 1.50 bits per heavy atom. The summed E-state index contributed by atoms with van der Waals surface area (Å²) in [5.74, 6) is 0.705. The third kappa shape index (κ3) is 1.71. The van der Waals surface area contributed by atoms with E-state index in [9.17, 15) is 4.79 Å². The quantitative estimate of drug-likeness (QED) is 0.571. The molecule has 2 heterocycles. The lowest BCUT2D eigenvalue weighted by Gasteiger charge is -2.27. The highest BCUT2D eigenvalue weighted by Crippen LogP contribution is 2.18. The molecule has 0 amide bonds. The molecule has 0 spiro atoms. The lowest BCUT2D eigenvalue weighted by molar-refractivity contribution is 0.111. The van der Waals surface area contributed by atoms with Crippen LogP contribution in [0, 0.1) is 6.92 Å². The minimum Gasteiger partial charge on any atom is -0.338 e. The molecule has 1 aliphatic rings. The molecule has 1 fully saturated rings. The van der Waals surface area contributed by atoms with Gasteiger partial charge in [-0.25, -0.2) is 4.98 Å². The van der Waals surface area contributed by atoms with Crippen molar-refractivity contribution in [1.29, 1.82) is 0 Å². The van der Waals surface area contributed by atoms with Crippen LogP contribution in [0.15, 0.2) is 5.10 Å². The second-order valence-corrected chi connectivity index (χ2v) is 3.69. The van der Waals surface area contributed by atoms with Crippen LogP contribution >= 0.6 is 0 Å². The number of anilines is 1. The maximum absolute atomic E-state index is 10.9. The molecule has 0 aliphatic carbocycles. The summed E-state index contributed by atoms with van der Waals surface area (Å²) in [5.41, 5.74) is 1.17. The van der Waals surface area contributed by atoms with Crippen LogP contribution in [0.3, 0.4) is 0 Å². The van der Waals surface area contributed by atoms with E-state index in [0.29, 0.717) is 17.3 Å². The van der Waals surface area contributed by atoms with Crippen LogP contribution in [-0.4, -0.2) is 48.8 Å². The molecule has 1 aromatic rings. The van der Waals surface area contributed by atoms with E-state index in [2.05, 4.69) is 27.0 Å². The van der Waals surface area contributed by atoms with Gasteiger partial charge in [-0.3, -0.25) is 4.79 Å². The minimum absolute atomic E-state index is 0.475. The fourth-order valence-corrected chi connectivity index (χ4v) is 1.86. The van der Waals surface area contributed by atoms with E-state index < -0.39 is 0 Å². The molecule has 0 aromatic carbocycles. The predicted octanol–water partition coefficient (Wildman–Crippen LogP) is -0.123. The van der Waals surface area contributed by atoms with Gasteiger partial charge in [0.05, 0.1) is 5.69 Å². The average molecular weight is 221 g/mol. The molecule has 0 bridgehead atoms. The third-order valence-electron chi connectivity index (χ3n) is 2.71. The first-order chi connectivity index (χ1) is 7.77. The van der Waals surface area contributed by atoms with E-state index in [4.69, 9.17) is 0 Å². The van der Waals surface area contributed by atoms with Crippen molar-refractivity contribution in [1.82, 2.24) is 15.0 Å². The zero-order valence-corrected chi connectivity index (χ0v) is 9.31. The zero-order chi connectivity index (χ0) is 11.5. The third-order valence-corrected chi connectivity index (χ3v) is 2.71. The molecule has 1 aromatic heterocycles. The maximum Gasteiger partial charge on any atom is 0.227 e. The summed E-state index contributed by atoms with van der Waals surface area (Å²) >= 11 is 0. The Hall–Kier alpha value is -1.69. The number of carbonyl (C=O) groups is 1. The molecular weight excluding hydrogens is 206 g/mol. The van der Waals surface area contributed by atoms with Gasteiger partial charge in [0.25, 0.3) is 0 Å². The van der Waals surface area contributed by atoms with Crippen LogP contribution < -0.4 is 10.2 Å². The summed E-state index contributed by atoms with van der Waals surface area (Å²) in [4.78, 5) is 17.4. The lowest BCUT2D eigenvalue weighted by atomic mass is 10.4. The standard InChI is InChI=1S/C10H15N5O/c1-8-9(7-16)15(11-2)10(13-8)14-5-3-12-4-6-14/h7,12H,2-6H2,1H3. The Morgan fingerprint density at radius 3 is 2.75 bits per heavy atom. The molecule has 0 atom stereocenters. The highest BCUT2D eigenvalue weighted by Gasteiger charge is 2.20. The number of imidazole rings is 1. The van der Waals surface area contributed by atoms with Gasteiger partial charge in [-0.15, -0.1) is 0 Å². The number of hydrogen-bond acceptors (Lipinski definition) is 5. The summed E-state index contributed by atoms with van der Waals surface area (Å²) in [7, 11) is 0. The topological polar surface area (TPSA) is 62.5 Å². The number of carbonyl (C=O) groups excluding carboxylic acids is 1. The van der Waals surface area contributed by atoms with Gasteiger partial charge in [0.2, 0.25) is 5.95 Å². The van der Waals surface area contributed by atoms with E-state index >= 15 is 0 Å². The van der Waals surface area contributed by atoms with Crippen molar-refractivity contribution in [2.45, 2.75) is 6.92 Å². The summed E-state index contributed by atoms with van der Waals surface area (Å²) in [5, 5.41) is 7.11. The van der Waals surface area contributed by atoms with Crippen LogP contribution in [-0.2, 0) is 0 Å². The van der Waals surface area contributed by atoms with Gasteiger partial charge in [-0.1, -0.05) is 0 Å². The monoisotopic (exact) mass is 221 g/mol. The Kier molecular flexibility index (Phi) is 3.00. The van der Waals surface area contributed by atoms with Crippen molar-refractivity contribution >= 4 is 19.0 Å². The Labute approximate surface area is 94.0 Å². The summed E-state index contributed by atoms with van der Waals surface area (Å²) < 4.78 is 1.51. The van der Waals surface area contributed by atoms with Crippen LogP contribution in [0.1, 0.15) is 16.2 Å². The maximum atomic E-state index is 10.9. The molecule has 0 radical (unpaired) electrons. The van der Waals surface area contributed by atoms with Gasteiger partial charge < -0.3 is 10.2 Å². The second-order valence-electron chi connectivity index (χ2n) is 3.69. The van der Waals surface area contributed by atoms with Gasteiger partial charge in [0.1, 0.15) is 5.69 Å². The highest BCUT2D eigenvalue weighted by molar-refractivity contribution is 5.75. The molecule has 6 nitrogen and oxygen atoms in total. The van der Waals surface area contributed by atoms with Gasteiger partial charge >= 0.3 is 0 Å². The molecule has 86 valence electrons. The van der Waals surface area contributed by atoms with Gasteiger partial charge in [0.15, 0.2) is 6.29 Å². The molecule has 1 aliphatic heterocycles. The lowest BCUT2D eigenvalue weighted by Crippen LogP contribution is -2.44. The van der Waals surface area contributed by atoms with Crippen molar-refractivity contribution in [2.75, 3.05) is 31.1 Å². The van der Waals surface area contributed by atoms with Crippen molar-refractivity contribution < 1.29 is 4.79 Å². The fraction of sp³-hybridized carbons (Fsp3) is 0.500. The number of aromatic nitrogens is 2. The first-order valence-electron chi connectivity index (χ1n) is 5.25. The largest absolute Gasteiger partial charge is 0.338 e. The molecule has 0 saturated carbocycles. The smallest absolute Gasteiger partial charge is 0.227 e. The van der Waals surface area contributed by atoms with Crippen molar-refractivity contribution in [3.8, 4) is 0 Å². The molecule has 6 heteroatoms. The van der Waals surface area contributed by atoms with Crippen molar-refractivity contribution in [3.05, 3.63) is 11.4 Å². The average Bonchev–Trinajstić information content (AvgIpc) is 2.66. The van der Waals surface area contributed by atoms with Gasteiger partial charge in [-0.2, -0.15) is 9.78 Å². The van der Waals surface area contributed by atoms with Gasteiger partial charge in [-0.05, 0) is 6.92 Å². The number of nitrogens with one attached hydrogen (secondary N) is 1. The molecule has 16 heavy (non-hydrogen) atoms. The van der Waals surface area contributed by atoms with Crippen LogP contribution in [0.5, 0.6) is 0 Å². The van der Waals surface area contributed by atoms with Crippen molar-refractivity contribution in [3.63, 3.8) is 0 Å².